The summed E-state index contributed by atoms with van der Waals surface area (Å²) in [6.45, 7) is 2.89. The number of hydrogen-bond acceptors (Lipinski definition) is 2. The number of rotatable bonds is 3. The summed E-state index contributed by atoms with van der Waals surface area (Å²) in [6.07, 6.45) is 0.168. The zero-order valence-corrected chi connectivity index (χ0v) is 10.8. The van der Waals surface area contributed by atoms with Crippen LogP contribution in [0.5, 0.6) is 0 Å². The van der Waals surface area contributed by atoms with Crippen molar-refractivity contribution in [3.8, 4) is 0 Å². The third kappa shape index (κ3) is 3.60. The molecule has 2 rings (SSSR count). The van der Waals surface area contributed by atoms with Crippen molar-refractivity contribution >= 4 is 0 Å². The van der Waals surface area contributed by atoms with Crippen molar-refractivity contribution in [2.75, 3.05) is 6.61 Å². The van der Waals surface area contributed by atoms with Crippen LogP contribution < -0.4 is 5.32 Å². The van der Waals surface area contributed by atoms with Crippen LogP contribution in [-0.4, -0.2) is 31.0 Å². The molecule has 18 heavy (non-hydrogen) atoms. The van der Waals surface area contributed by atoms with Crippen molar-refractivity contribution in [3.63, 3.8) is 0 Å². The van der Waals surface area contributed by atoms with Crippen molar-refractivity contribution in [2.45, 2.75) is 69.8 Å². The summed E-state index contributed by atoms with van der Waals surface area (Å²) in [7, 11) is 0. The lowest BCUT2D eigenvalue weighted by Gasteiger charge is -2.33. The molecule has 0 amide bonds. The zero-order valence-electron chi connectivity index (χ0n) is 10.8. The summed E-state index contributed by atoms with van der Waals surface area (Å²) in [5.74, 6) is -1.09. The van der Waals surface area contributed by atoms with E-state index in [-0.39, 0.29) is 31.0 Å². The normalized spacial score (nSPS) is 35.7. The van der Waals surface area contributed by atoms with Gasteiger partial charge in [0.1, 0.15) is 0 Å². The van der Waals surface area contributed by atoms with Crippen LogP contribution in [0.25, 0.3) is 0 Å². The van der Waals surface area contributed by atoms with Crippen LogP contribution in [0.3, 0.4) is 0 Å². The molecule has 1 heterocycles. The van der Waals surface area contributed by atoms with Gasteiger partial charge in [-0.05, 0) is 45.4 Å². The van der Waals surface area contributed by atoms with Crippen LogP contribution in [0.1, 0.15) is 45.4 Å². The molecule has 0 radical (unpaired) electrons. The van der Waals surface area contributed by atoms with Crippen molar-refractivity contribution in [1.82, 2.24) is 5.32 Å². The molecule has 1 saturated carbocycles. The molecule has 2 aliphatic rings. The summed E-state index contributed by atoms with van der Waals surface area (Å²) in [4.78, 5) is 0. The SMILES string of the molecule is CC(NC1CCC(C(F)(F)F)CC1)C1CCCO1. The molecule has 0 aromatic heterocycles. The van der Waals surface area contributed by atoms with E-state index < -0.39 is 12.1 Å². The van der Waals surface area contributed by atoms with E-state index in [4.69, 9.17) is 4.74 Å². The first-order valence-electron chi connectivity index (χ1n) is 6.91. The van der Waals surface area contributed by atoms with E-state index in [9.17, 15) is 13.2 Å². The number of alkyl halides is 3. The molecule has 0 aromatic carbocycles. The fraction of sp³-hybridized carbons (Fsp3) is 1.00. The second-order valence-electron chi connectivity index (χ2n) is 5.60. The van der Waals surface area contributed by atoms with Gasteiger partial charge in [-0.1, -0.05) is 0 Å². The second-order valence-corrected chi connectivity index (χ2v) is 5.60. The Labute approximate surface area is 106 Å². The van der Waals surface area contributed by atoms with Gasteiger partial charge in [0.25, 0.3) is 0 Å². The van der Waals surface area contributed by atoms with Crippen LogP contribution in [-0.2, 0) is 4.74 Å². The molecule has 2 atom stereocenters. The van der Waals surface area contributed by atoms with E-state index >= 15 is 0 Å². The van der Waals surface area contributed by atoms with Gasteiger partial charge >= 0.3 is 6.18 Å². The summed E-state index contributed by atoms with van der Waals surface area (Å²) >= 11 is 0. The van der Waals surface area contributed by atoms with Gasteiger partial charge < -0.3 is 10.1 Å². The monoisotopic (exact) mass is 265 g/mol. The molecule has 2 unspecified atom stereocenters. The molecule has 106 valence electrons. The van der Waals surface area contributed by atoms with E-state index in [0.717, 1.165) is 19.4 Å². The van der Waals surface area contributed by atoms with E-state index in [1.807, 2.05) is 0 Å². The van der Waals surface area contributed by atoms with Gasteiger partial charge in [-0.25, -0.2) is 0 Å². The predicted octanol–water partition coefficient (Wildman–Crippen LogP) is 3.26. The molecular weight excluding hydrogens is 243 g/mol. The van der Waals surface area contributed by atoms with Crippen molar-refractivity contribution in [1.29, 1.82) is 0 Å². The Hall–Kier alpha value is -0.290. The number of hydrogen-bond donors (Lipinski definition) is 1. The first-order chi connectivity index (χ1) is 8.47. The van der Waals surface area contributed by atoms with E-state index in [1.165, 1.54) is 0 Å². The van der Waals surface area contributed by atoms with Crippen molar-refractivity contribution < 1.29 is 17.9 Å². The van der Waals surface area contributed by atoms with Crippen LogP contribution in [0.4, 0.5) is 13.2 Å². The van der Waals surface area contributed by atoms with Gasteiger partial charge in [-0.2, -0.15) is 13.2 Å². The smallest absolute Gasteiger partial charge is 0.377 e. The first kappa shape index (κ1) is 14.1. The quantitative estimate of drug-likeness (QED) is 0.845. The summed E-state index contributed by atoms with van der Waals surface area (Å²) in [5, 5.41) is 3.44. The summed E-state index contributed by atoms with van der Waals surface area (Å²) < 4.78 is 43.2. The highest BCUT2D eigenvalue weighted by molar-refractivity contribution is 4.85. The molecule has 1 N–H and O–H groups in total. The van der Waals surface area contributed by atoms with E-state index in [0.29, 0.717) is 12.8 Å². The Morgan fingerprint density at radius 1 is 1.11 bits per heavy atom. The largest absolute Gasteiger partial charge is 0.391 e. The molecule has 1 aliphatic carbocycles. The minimum Gasteiger partial charge on any atom is -0.377 e. The molecule has 5 heteroatoms. The molecule has 2 fully saturated rings. The molecule has 0 aromatic rings. The lowest BCUT2D eigenvalue weighted by Crippen LogP contribution is -2.45. The maximum Gasteiger partial charge on any atom is 0.391 e. The highest BCUT2D eigenvalue weighted by Gasteiger charge is 2.41. The Balaban J connectivity index is 1.73. The standard InChI is InChI=1S/C13H22F3NO/c1-9(12-3-2-8-18-12)17-11-6-4-10(5-7-11)13(14,15)16/h9-12,17H,2-8H2,1H3. The average Bonchev–Trinajstić information content (AvgIpc) is 2.82. The number of nitrogens with one attached hydrogen (secondary N) is 1. The average molecular weight is 265 g/mol. The predicted molar refractivity (Wildman–Crippen MR) is 63.4 cm³/mol. The lowest BCUT2D eigenvalue weighted by molar-refractivity contribution is -0.182. The highest BCUT2D eigenvalue weighted by Crippen LogP contribution is 2.37. The fourth-order valence-electron chi connectivity index (χ4n) is 3.06. The Kier molecular flexibility index (Phi) is 4.54. The Morgan fingerprint density at radius 2 is 1.78 bits per heavy atom. The first-order valence-corrected chi connectivity index (χ1v) is 6.91. The highest BCUT2D eigenvalue weighted by atomic mass is 19.4. The van der Waals surface area contributed by atoms with Gasteiger partial charge in [-0.15, -0.1) is 0 Å². The molecule has 2 nitrogen and oxygen atoms in total. The lowest BCUT2D eigenvalue weighted by atomic mass is 9.85. The van der Waals surface area contributed by atoms with Gasteiger partial charge in [-0.3, -0.25) is 0 Å². The van der Waals surface area contributed by atoms with E-state index in [1.54, 1.807) is 0 Å². The maximum absolute atomic E-state index is 12.5. The van der Waals surface area contributed by atoms with Crippen molar-refractivity contribution in [3.05, 3.63) is 0 Å². The number of halogens is 3. The Bertz CT molecular complexity index is 255. The van der Waals surface area contributed by atoms with Gasteiger partial charge in [0.2, 0.25) is 0 Å². The minimum absolute atomic E-state index is 0.225. The van der Waals surface area contributed by atoms with E-state index in [2.05, 4.69) is 12.2 Å². The fourth-order valence-corrected chi connectivity index (χ4v) is 3.06. The summed E-state index contributed by atoms with van der Waals surface area (Å²) in [5.41, 5.74) is 0. The Morgan fingerprint density at radius 3 is 2.28 bits per heavy atom. The van der Waals surface area contributed by atoms with Crippen molar-refractivity contribution in [2.24, 2.45) is 5.92 Å². The maximum atomic E-state index is 12.5. The van der Waals surface area contributed by atoms with Crippen LogP contribution in [0.2, 0.25) is 0 Å². The zero-order chi connectivity index (χ0) is 13.2. The van der Waals surface area contributed by atoms with Crippen LogP contribution in [0.15, 0.2) is 0 Å². The topological polar surface area (TPSA) is 21.3 Å². The molecule has 0 bridgehead atoms. The summed E-state index contributed by atoms with van der Waals surface area (Å²) in [6, 6.07) is 0.475. The van der Waals surface area contributed by atoms with Gasteiger partial charge in [0, 0.05) is 18.7 Å². The third-order valence-electron chi connectivity index (χ3n) is 4.21. The second kappa shape index (κ2) is 5.78. The molecule has 0 spiro atoms. The van der Waals surface area contributed by atoms with Gasteiger partial charge in [0.15, 0.2) is 0 Å². The molecule has 1 aliphatic heterocycles. The van der Waals surface area contributed by atoms with Gasteiger partial charge in [0.05, 0.1) is 12.0 Å². The van der Waals surface area contributed by atoms with Crippen LogP contribution in [0, 0.1) is 5.92 Å². The third-order valence-corrected chi connectivity index (χ3v) is 4.21. The molecular formula is C13H22F3NO. The minimum atomic E-state index is -4.01. The van der Waals surface area contributed by atoms with Crippen LogP contribution >= 0.6 is 0 Å². The number of ether oxygens (including phenoxy) is 1. The molecule has 1 saturated heterocycles.